The van der Waals surface area contributed by atoms with E-state index in [9.17, 15) is 0 Å². The molecule has 0 aliphatic carbocycles. The van der Waals surface area contributed by atoms with Gasteiger partial charge in [0.25, 0.3) is 0 Å². The van der Waals surface area contributed by atoms with Gasteiger partial charge >= 0.3 is 0 Å². The summed E-state index contributed by atoms with van der Waals surface area (Å²) in [5.74, 6) is 0. The van der Waals surface area contributed by atoms with Crippen LogP contribution in [0.5, 0.6) is 0 Å². The van der Waals surface area contributed by atoms with E-state index in [-0.39, 0.29) is 6.04 Å². The van der Waals surface area contributed by atoms with Crippen LogP contribution in [0.15, 0.2) is 47.5 Å². The minimum Gasteiger partial charge on any atom is -0.336 e. The van der Waals surface area contributed by atoms with Gasteiger partial charge in [0, 0.05) is 29.5 Å². The quantitative estimate of drug-likeness (QED) is 0.926. The summed E-state index contributed by atoms with van der Waals surface area (Å²) in [5, 5.41) is 0. The first kappa shape index (κ1) is 10.4. The SMILES string of the molecule is NC(Cn1ccnc1)c1ccc(Br)cc1. The van der Waals surface area contributed by atoms with Crippen molar-refractivity contribution in [1.82, 2.24) is 9.55 Å². The van der Waals surface area contributed by atoms with Gasteiger partial charge in [-0.3, -0.25) is 0 Å². The smallest absolute Gasteiger partial charge is 0.0946 e. The summed E-state index contributed by atoms with van der Waals surface area (Å²) in [6, 6.07) is 8.08. The lowest BCUT2D eigenvalue weighted by atomic mass is 10.1. The maximum absolute atomic E-state index is 6.07. The first-order valence-electron chi connectivity index (χ1n) is 4.72. The Kier molecular flexibility index (Phi) is 3.18. The highest BCUT2D eigenvalue weighted by atomic mass is 79.9. The third-order valence-corrected chi connectivity index (χ3v) is 2.79. The number of hydrogen-bond acceptors (Lipinski definition) is 2. The third-order valence-electron chi connectivity index (χ3n) is 2.26. The van der Waals surface area contributed by atoms with Gasteiger partial charge in [0.1, 0.15) is 0 Å². The molecular formula is C11H12BrN3. The van der Waals surface area contributed by atoms with Crippen LogP contribution in [0.4, 0.5) is 0 Å². The Morgan fingerprint density at radius 1 is 1.33 bits per heavy atom. The van der Waals surface area contributed by atoms with E-state index < -0.39 is 0 Å². The molecule has 0 aliphatic heterocycles. The Morgan fingerprint density at radius 3 is 2.67 bits per heavy atom. The Labute approximate surface area is 97.1 Å². The Bertz CT molecular complexity index is 408. The minimum absolute atomic E-state index is 0.00676. The minimum atomic E-state index is 0.00676. The molecule has 0 saturated heterocycles. The largest absolute Gasteiger partial charge is 0.336 e. The number of benzene rings is 1. The van der Waals surface area contributed by atoms with E-state index in [1.807, 2.05) is 35.0 Å². The van der Waals surface area contributed by atoms with Crippen LogP contribution >= 0.6 is 15.9 Å². The molecule has 1 heterocycles. The van der Waals surface area contributed by atoms with Crippen molar-refractivity contribution in [3.05, 3.63) is 53.0 Å². The van der Waals surface area contributed by atoms with Crippen LogP contribution < -0.4 is 5.73 Å². The fourth-order valence-electron chi connectivity index (χ4n) is 1.44. The zero-order valence-electron chi connectivity index (χ0n) is 8.18. The lowest BCUT2D eigenvalue weighted by Gasteiger charge is -2.12. The van der Waals surface area contributed by atoms with Crippen LogP contribution in [0.3, 0.4) is 0 Å². The summed E-state index contributed by atoms with van der Waals surface area (Å²) < 4.78 is 3.05. The number of nitrogens with zero attached hydrogens (tertiary/aromatic N) is 2. The molecule has 0 aliphatic rings. The Balaban J connectivity index is 2.08. The Morgan fingerprint density at radius 2 is 2.07 bits per heavy atom. The number of aromatic nitrogens is 2. The predicted molar refractivity (Wildman–Crippen MR) is 63.3 cm³/mol. The van der Waals surface area contributed by atoms with E-state index >= 15 is 0 Å². The van der Waals surface area contributed by atoms with Gasteiger partial charge in [-0.15, -0.1) is 0 Å². The second kappa shape index (κ2) is 4.59. The fraction of sp³-hybridized carbons (Fsp3) is 0.182. The van der Waals surface area contributed by atoms with E-state index in [4.69, 9.17) is 5.73 Å². The van der Waals surface area contributed by atoms with Crippen molar-refractivity contribution in [1.29, 1.82) is 0 Å². The molecular weight excluding hydrogens is 254 g/mol. The number of halogens is 1. The molecule has 0 radical (unpaired) electrons. The highest BCUT2D eigenvalue weighted by molar-refractivity contribution is 9.10. The van der Waals surface area contributed by atoms with Crippen molar-refractivity contribution >= 4 is 15.9 Å². The van der Waals surface area contributed by atoms with Gasteiger partial charge in [0.2, 0.25) is 0 Å². The van der Waals surface area contributed by atoms with E-state index in [1.165, 1.54) is 0 Å². The molecule has 1 aromatic carbocycles. The number of imidazole rings is 1. The monoisotopic (exact) mass is 265 g/mol. The third kappa shape index (κ3) is 2.67. The van der Waals surface area contributed by atoms with Crippen LogP contribution in [-0.4, -0.2) is 9.55 Å². The fourth-order valence-corrected chi connectivity index (χ4v) is 1.70. The molecule has 15 heavy (non-hydrogen) atoms. The van der Waals surface area contributed by atoms with Crippen LogP contribution in [-0.2, 0) is 6.54 Å². The van der Waals surface area contributed by atoms with Crippen molar-refractivity contribution < 1.29 is 0 Å². The first-order chi connectivity index (χ1) is 7.25. The van der Waals surface area contributed by atoms with Crippen LogP contribution in [0.25, 0.3) is 0 Å². The molecule has 0 fully saturated rings. The molecule has 0 saturated carbocycles. The van der Waals surface area contributed by atoms with Crippen LogP contribution in [0.1, 0.15) is 11.6 Å². The molecule has 4 heteroatoms. The second-order valence-electron chi connectivity index (χ2n) is 3.42. The highest BCUT2D eigenvalue weighted by Crippen LogP contribution is 2.16. The summed E-state index contributed by atoms with van der Waals surface area (Å²) in [5.41, 5.74) is 7.20. The topological polar surface area (TPSA) is 43.8 Å². The maximum Gasteiger partial charge on any atom is 0.0946 e. The molecule has 3 nitrogen and oxygen atoms in total. The van der Waals surface area contributed by atoms with Crippen molar-refractivity contribution in [3.8, 4) is 0 Å². The van der Waals surface area contributed by atoms with Gasteiger partial charge in [-0.2, -0.15) is 0 Å². The summed E-state index contributed by atoms with van der Waals surface area (Å²) in [6.07, 6.45) is 5.45. The molecule has 2 rings (SSSR count). The predicted octanol–water partition coefficient (Wildman–Crippen LogP) is 2.35. The standard InChI is InChI=1S/C11H12BrN3/c12-10-3-1-9(2-4-10)11(13)7-15-6-5-14-8-15/h1-6,8,11H,7,13H2. The van der Waals surface area contributed by atoms with Crippen molar-refractivity contribution in [2.45, 2.75) is 12.6 Å². The maximum atomic E-state index is 6.07. The molecule has 0 amide bonds. The van der Waals surface area contributed by atoms with E-state index in [2.05, 4.69) is 20.9 Å². The van der Waals surface area contributed by atoms with Crippen molar-refractivity contribution in [3.63, 3.8) is 0 Å². The Hall–Kier alpha value is -1.13. The van der Waals surface area contributed by atoms with Gasteiger partial charge in [0.15, 0.2) is 0 Å². The number of nitrogens with two attached hydrogens (primary N) is 1. The molecule has 0 bridgehead atoms. The zero-order valence-corrected chi connectivity index (χ0v) is 9.76. The molecule has 2 aromatic rings. The molecule has 78 valence electrons. The second-order valence-corrected chi connectivity index (χ2v) is 4.33. The van der Waals surface area contributed by atoms with E-state index in [1.54, 1.807) is 12.5 Å². The molecule has 1 aromatic heterocycles. The lowest BCUT2D eigenvalue weighted by molar-refractivity contribution is 0.576. The van der Waals surface area contributed by atoms with Gasteiger partial charge < -0.3 is 10.3 Å². The van der Waals surface area contributed by atoms with Gasteiger partial charge in [-0.05, 0) is 17.7 Å². The average molecular weight is 266 g/mol. The summed E-state index contributed by atoms with van der Waals surface area (Å²) in [7, 11) is 0. The van der Waals surface area contributed by atoms with Crippen LogP contribution in [0, 0.1) is 0 Å². The van der Waals surface area contributed by atoms with Gasteiger partial charge in [-0.1, -0.05) is 28.1 Å². The normalized spacial score (nSPS) is 12.7. The lowest BCUT2D eigenvalue weighted by Crippen LogP contribution is -2.16. The molecule has 0 spiro atoms. The number of rotatable bonds is 3. The van der Waals surface area contributed by atoms with Crippen molar-refractivity contribution in [2.75, 3.05) is 0 Å². The zero-order chi connectivity index (χ0) is 10.7. The van der Waals surface area contributed by atoms with Gasteiger partial charge in [0.05, 0.1) is 6.33 Å². The summed E-state index contributed by atoms with van der Waals surface area (Å²) in [6.45, 7) is 0.752. The molecule has 2 N–H and O–H groups in total. The molecule has 1 unspecified atom stereocenters. The summed E-state index contributed by atoms with van der Waals surface area (Å²) in [4.78, 5) is 3.98. The molecule has 1 atom stereocenters. The average Bonchev–Trinajstić information content (AvgIpc) is 2.71. The first-order valence-corrected chi connectivity index (χ1v) is 5.52. The van der Waals surface area contributed by atoms with Crippen molar-refractivity contribution in [2.24, 2.45) is 5.73 Å². The van der Waals surface area contributed by atoms with E-state index in [0.29, 0.717) is 0 Å². The van der Waals surface area contributed by atoms with Crippen LogP contribution in [0.2, 0.25) is 0 Å². The summed E-state index contributed by atoms with van der Waals surface area (Å²) >= 11 is 3.40. The van der Waals surface area contributed by atoms with E-state index in [0.717, 1.165) is 16.6 Å². The van der Waals surface area contributed by atoms with Gasteiger partial charge in [-0.25, -0.2) is 4.98 Å². The highest BCUT2D eigenvalue weighted by Gasteiger charge is 2.05. The number of hydrogen-bond donors (Lipinski definition) is 1.